The Morgan fingerprint density at radius 3 is 2.76 bits per heavy atom. The molecular weight excluding hydrogens is 272 g/mol. The Balaban J connectivity index is 2.53. The second kappa shape index (κ2) is 5.81. The van der Waals surface area contributed by atoms with Crippen LogP contribution >= 0.6 is 0 Å². The largest absolute Gasteiger partial charge is 0.383 e. The number of amides is 1. The predicted octanol–water partition coefficient (Wildman–Crippen LogP) is 2.65. The van der Waals surface area contributed by atoms with Crippen molar-refractivity contribution >= 4 is 17.3 Å². The number of hydrogen-bond acceptors (Lipinski definition) is 4. The summed E-state index contributed by atoms with van der Waals surface area (Å²) in [6.45, 7) is 4.88. The third kappa shape index (κ3) is 2.76. The van der Waals surface area contributed by atoms with Crippen molar-refractivity contribution in [3.8, 4) is 0 Å². The predicted molar refractivity (Wildman–Crippen MR) is 79.6 cm³/mol. The lowest BCUT2D eigenvalue weighted by Crippen LogP contribution is -2.44. The fraction of sp³-hybridized carbons (Fsp3) is 0.533. The Hall–Kier alpha value is -1.95. The van der Waals surface area contributed by atoms with Gasteiger partial charge in [0.1, 0.15) is 0 Å². The molecule has 1 heterocycles. The molecule has 6 heteroatoms. The maximum absolute atomic E-state index is 12.4. The first kappa shape index (κ1) is 15.4. The molecular formula is C15H20N2O4. The van der Waals surface area contributed by atoms with Crippen LogP contribution in [0.15, 0.2) is 18.2 Å². The molecule has 0 unspecified atom stereocenters. The van der Waals surface area contributed by atoms with Crippen LogP contribution in [0.3, 0.4) is 0 Å². The minimum absolute atomic E-state index is 0.0396. The molecule has 6 nitrogen and oxygen atoms in total. The summed E-state index contributed by atoms with van der Waals surface area (Å²) in [5.74, 6) is 0.0396. The minimum Gasteiger partial charge on any atom is -0.383 e. The molecule has 21 heavy (non-hydrogen) atoms. The smallest absolute Gasteiger partial charge is 0.269 e. The minimum atomic E-state index is -0.397. The van der Waals surface area contributed by atoms with Crippen LogP contribution in [0, 0.1) is 10.1 Å². The van der Waals surface area contributed by atoms with Gasteiger partial charge in [-0.2, -0.15) is 0 Å². The SMILES string of the molecule is CC[C@@]1(C)CC(=O)N(CCOC)c2ccc([N+](=O)[O-])cc21. The van der Waals surface area contributed by atoms with E-state index in [-0.39, 0.29) is 17.0 Å². The van der Waals surface area contributed by atoms with Gasteiger partial charge < -0.3 is 9.64 Å². The van der Waals surface area contributed by atoms with Crippen molar-refractivity contribution in [3.63, 3.8) is 0 Å². The van der Waals surface area contributed by atoms with Crippen molar-refractivity contribution in [3.05, 3.63) is 33.9 Å². The summed E-state index contributed by atoms with van der Waals surface area (Å²) >= 11 is 0. The van der Waals surface area contributed by atoms with Crippen molar-refractivity contribution in [2.75, 3.05) is 25.2 Å². The van der Waals surface area contributed by atoms with Crippen LogP contribution in [-0.4, -0.2) is 31.1 Å². The van der Waals surface area contributed by atoms with Crippen molar-refractivity contribution < 1.29 is 14.5 Å². The van der Waals surface area contributed by atoms with Crippen LogP contribution in [-0.2, 0) is 14.9 Å². The standard InChI is InChI=1S/C15H20N2O4/c1-4-15(2)10-14(18)16(7-8-21-3)13-6-5-11(17(19)20)9-12(13)15/h5-6,9H,4,7-8,10H2,1-3H3/t15-/m0/s1. The van der Waals surface area contributed by atoms with E-state index >= 15 is 0 Å². The maximum Gasteiger partial charge on any atom is 0.269 e. The molecule has 0 spiro atoms. The Morgan fingerprint density at radius 2 is 2.19 bits per heavy atom. The first-order valence-corrected chi connectivity index (χ1v) is 7.01. The Bertz CT molecular complexity index is 573. The first-order valence-electron chi connectivity index (χ1n) is 7.01. The number of non-ortho nitro benzene ring substituents is 1. The molecule has 0 saturated heterocycles. The van der Waals surface area contributed by atoms with Gasteiger partial charge in [-0.05, 0) is 18.1 Å². The van der Waals surface area contributed by atoms with Crippen LogP contribution in [0.2, 0.25) is 0 Å². The second-order valence-corrected chi connectivity index (χ2v) is 5.59. The number of carbonyl (C=O) groups is 1. The summed E-state index contributed by atoms with van der Waals surface area (Å²) in [4.78, 5) is 24.7. The van der Waals surface area contributed by atoms with Gasteiger partial charge in [-0.3, -0.25) is 14.9 Å². The fourth-order valence-electron chi connectivity index (χ4n) is 2.76. The Morgan fingerprint density at radius 1 is 1.48 bits per heavy atom. The number of carbonyl (C=O) groups excluding carboxylic acids is 1. The zero-order chi connectivity index (χ0) is 15.6. The summed E-state index contributed by atoms with van der Waals surface area (Å²) in [6.07, 6.45) is 1.12. The Kier molecular flexibility index (Phi) is 4.27. The molecule has 1 atom stereocenters. The molecule has 0 bridgehead atoms. The lowest BCUT2D eigenvalue weighted by Gasteiger charge is -2.40. The van der Waals surface area contributed by atoms with Crippen molar-refractivity contribution in [2.24, 2.45) is 0 Å². The Labute approximate surface area is 123 Å². The van der Waals surface area contributed by atoms with E-state index in [2.05, 4.69) is 0 Å². The van der Waals surface area contributed by atoms with E-state index < -0.39 is 4.92 Å². The normalized spacial score (nSPS) is 21.3. The molecule has 1 aromatic rings. The van der Waals surface area contributed by atoms with E-state index in [4.69, 9.17) is 4.74 Å². The average molecular weight is 292 g/mol. The quantitative estimate of drug-likeness (QED) is 0.617. The third-order valence-corrected chi connectivity index (χ3v) is 4.27. The summed E-state index contributed by atoms with van der Waals surface area (Å²) in [5.41, 5.74) is 1.34. The highest BCUT2D eigenvalue weighted by atomic mass is 16.6. The molecule has 1 amide bonds. The molecule has 1 aromatic carbocycles. The monoisotopic (exact) mass is 292 g/mol. The molecule has 2 rings (SSSR count). The molecule has 0 fully saturated rings. The molecule has 114 valence electrons. The molecule has 0 radical (unpaired) electrons. The number of nitro groups is 1. The summed E-state index contributed by atoms with van der Waals surface area (Å²) in [7, 11) is 1.58. The number of ether oxygens (including phenoxy) is 1. The van der Waals surface area contributed by atoms with Gasteiger partial charge in [0, 0.05) is 43.3 Å². The number of rotatable bonds is 5. The van der Waals surface area contributed by atoms with Crippen LogP contribution in [0.5, 0.6) is 0 Å². The fourth-order valence-corrected chi connectivity index (χ4v) is 2.76. The van der Waals surface area contributed by atoms with Crippen LogP contribution < -0.4 is 4.90 Å². The van der Waals surface area contributed by atoms with E-state index in [1.54, 1.807) is 24.1 Å². The van der Waals surface area contributed by atoms with Gasteiger partial charge in [-0.15, -0.1) is 0 Å². The van der Waals surface area contributed by atoms with Crippen molar-refractivity contribution in [2.45, 2.75) is 32.1 Å². The number of nitro benzene ring substituents is 1. The molecule has 1 aliphatic heterocycles. The van der Waals surface area contributed by atoms with E-state index in [0.717, 1.165) is 17.7 Å². The van der Waals surface area contributed by atoms with Gasteiger partial charge in [0.2, 0.25) is 5.91 Å². The lowest BCUT2D eigenvalue weighted by atomic mass is 9.73. The van der Waals surface area contributed by atoms with Gasteiger partial charge in [-0.1, -0.05) is 13.8 Å². The van der Waals surface area contributed by atoms with E-state index in [9.17, 15) is 14.9 Å². The number of methoxy groups -OCH3 is 1. The number of anilines is 1. The van der Waals surface area contributed by atoms with E-state index in [1.165, 1.54) is 6.07 Å². The van der Waals surface area contributed by atoms with E-state index in [1.807, 2.05) is 13.8 Å². The third-order valence-electron chi connectivity index (χ3n) is 4.27. The molecule has 1 aliphatic rings. The van der Waals surface area contributed by atoms with Crippen molar-refractivity contribution in [1.29, 1.82) is 0 Å². The molecule has 0 aromatic heterocycles. The lowest BCUT2D eigenvalue weighted by molar-refractivity contribution is -0.385. The average Bonchev–Trinajstić information content (AvgIpc) is 2.46. The molecule has 0 N–H and O–H groups in total. The number of nitrogens with zero attached hydrogens (tertiary/aromatic N) is 2. The van der Waals surface area contributed by atoms with Gasteiger partial charge in [-0.25, -0.2) is 0 Å². The zero-order valence-electron chi connectivity index (χ0n) is 12.6. The molecule has 0 saturated carbocycles. The van der Waals surface area contributed by atoms with Gasteiger partial charge in [0.05, 0.1) is 11.5 Å². The van der Waals surface area contributed by atoms with Gasteiger partial charge in [0.15, 0.2) is 0 Å². The number of fused-ring (bicyclic) bond motifs is 1. The number of benzene rings is 1. The van der Waals surface area contributed by atoms with Crippen LogP contribution in [0.25, 0.3) is 0 Å². The first-order chi connectivity index (χ1) is 9.92. The summed E-state index contributed by atoms with van der Waals surface area (Å²) in [6, 6.07) is 4.73. The van der Waals surface area contributed by atoms with E-state index in [0.29, 0.717) is 19.6 Å². The summed E-state index contributed by atoms with van der Waals surface area (Å²) in [5, 5.41) is 11.0. The van der Waals surface area contributed by atoms with Crippen LogP contribution in [0.4, 0.5) is 11.4 Å². The van der Waals surface area contributed by atoms with Crippen LogP contribution in [0.1, 0.15) is 32.3 Å². The second-order valence-electron chi connectivity index (χ2n) is 5.59. The summed E-state index contributed by atoms with van der Waals surface area (Å²) < 4.78 is 5.05. The van der Waals surface area contributed by atoms with Gasteiger partial charge >= 0.3 is 0 Å². The molecule has 0 aliphatic carbocycles. The highest BCUT2D eigenvalue weighted by molar-refractivity contribution is 5.98. The number of hydrogen-bond donors (Lipinski definition) is 0. The topological polar surface area (TPSA) is 72.7 Å². The van der Waals surface area contributed by atoms with Gasteiger partial charge in [0.25, 0.3) is 5.69 Å². The maximum atomic E-state index is 12.4. The van der Waals surface area contributed by atoms with Crippen molar-refractivity contribution in [1.82, 2.24) is 0 Å². The zero-order valence-corrected chi connectivity index (χ0v) is 12.6. The highest BCUT2D eigenvalue weighted by Crippen LogP contribution is 2.43. The highest BCUT2D eigenvalue weighted by Gasteiger charge is 2.39.